The molecule has 1 aliphatic heterocycles. The highest BCUT2D eigenvalue weighted by molar-refractivity contribution is 5.26. The maximum absolute atomic E-state index is 10.2. The van der Waals surface area contributed by atoms with E-state index < -0.39 is 0 Å². The Balaban J connectivity index is 1.91. The van der Waals surface area contributed by atoms with Crippen LogP contribution in [0.2, 0.25) is 0 Å². The first-order valence-electron chi connectivity index (χ1n) is 6.94. The summed E-state index contributed by atoms with van der Waals surface area (Å²) in [6.07, 6.45) is 4.09. The maximum Gasteiger partial charge on any atom is 0.121 e. The molecule has 2 aliphatic carbocycles. The van der Waals surface area contributed by atoms with Crippen LogP contribution < -0.4 is 0 Å². The third-order valence-electron chi connectivity index (χ3n) is 5.77. The summed E-state index contributed by atoms with van der Waals surface area (Å²) in [6.45, 7) is 10.7. The van der Waals surface area contributed by atoms with Crippen LogP contribution >= 0.6 is 0 Å². The molecule has 1 heterocycles. The van der Waals surface area contributed by atoms with Gasteiger partial charge in [-0.3, -0.25) is 0 Å². The number of aliphatic hydroxyl groups excluding tert-OH is 1. The molecule has 17 heavy (non-hydrogen) atoms. The van der Waals surface area contributed by atoms with E-state index in [1.165, 1.54) is 12.0 Å². The molecule has 3 fully saturated rings. The Bertz CT molecular complexity index is 364. The zero-order chi connectivity index (χ0) is 12.4. The van der Waals surface area contributed by atoms with Crippen molar-refractivity contribution in [2.45, 2.75) is 63.8 Å². The van der Waals surface area contributed by atoms with Crippen molar-refractivity contribution in [3.63, 3.8) is 0 Å². The Morgan fingerprint density at radius 3 is 2.76 bits per heavy atom. The van der Waals surface area contributed by atoms with Crippen molar-refractivity contribution in [2.75, 3.05) is 0 Å². The summed E-state index contributed by atoms with van der Waals surface area (Å²) in [5.41, 5.74) is 0.979. The van der Waals surface area contributed by atoms with Gasteiger partial charge >= 0.3 is 0 Å². The van der Waals surface area contributed by atoms with Gasteiger partial charge in [0.15, 0.2) is 0 Å². The minimum Gasteiger partial charge on any atom is -0.390 e. The van der Waals surface area contributed by atoms with Crippen LogP contribution in [0.15, 0.2) is 12.2 Å². The standard InChI is InChI=1S/C15H24O2/c1-9(2)11-7-10(3)12-5-6-13(16)14(4)15(12,8-11)17-14/h10-13,16H,1,5-8H2,2-4H3. The minimum absolute atomic E-state index is 0.0358. The quantitative estimate of drug-likeness (QED) is 0.561. The van der Waals surface area contributed by atoms with Crippen molar-refractivity contribution in [2.24, 2.45) is 17.8 Å². The molecule has 1 N–H and O–H groups in total. The second kappa shape index (κ2) is 3.36. The molecule has 1 spiro atoms. The van der Waals surface area contributed by atoms with E-state index >= 15 is 0 Å². The summed E-state index contributed by atoms with van der Waals surface area (Å²) in [7, 11) is 0. The Morgan fingerprint density at radius 2 is 2.12 bits per heavy atom. The molecule has 6 atom stereocenters. The number of allylic oxidation sites excluding steroid dienone is 1. The lowest BCUT2D eigenvalue weighted by Gasteiger charge is -2.44. The van der Waals surface area contributed by atoms with Gasteiger partial charge < -0.3 is 9.84 Å². The molecule has 3 aliphatic rings. The van der Waals surface area contributed by atoms with E-state index in [1.807, 2.05) is 0 Å². The summed E-state index contributed by atoms with van der Waals surface area (Å²) in [4.78, 5) is 0. The SMILES string of the molecule is C=C(C)C1CC(C)C2CCC(O)C3(C)OC23C1. The normalized spacial score (nSPS) is 56.9. The molecule has 2 heteroatoms. The fourth-order valence-electron chi connectivity index (χ4n) is 4.57. The molecule has 6 unspecified atom stereocenters. The topological polar surface area (TPSA) is 32.8 Å². The van der Waals surface area contributed by atoms with Gasteiger partial charge in [0.2, 0.25) is 0 Å². The third kappa shape index (κ3) is 1.34. The number of ether oxygens (including phenoxy) is 1. The Labute approximate surface area is 104 Å². The van der Waals surface area contributed by atoms with Crippen LogP contribution in [0.1, 0.15) is 46.5 Å². The molecule has 2 nitrogen and oxygen atoms in total. The fourth-order valence-corrected chi connectivity index (χ4v) is 4.57. The maximum atomic E-state index is 10.2. The number of rotatable bonds is 1. The second-order valence-corrected chi connectivity index (χ2v) is 6.76. The van der Waals surface area contributed by atoms with Gasteiger partial charge in [-0.1, -0.05) is 19.1 Å². The molecule has 3 rings (SSSR count). The first-order chi connectivity index (χ1) is 7.91. The molecule has 0 amide bonds. The highest BCUT2D eigenvalue weighted by atomic mass is 16.6. The summed E-state index contributed by atoms with van der Waals surface area (Å²) in [6, 6.07) is 0. The number of epoxide rings is 1. The Hall–Kier alpha value is -0.340. The zero-order valence-corrected chi connectivity index (χ0v) is 11.2. The summed E-state index contributed by atoms with van der Waals surface area (Å²) in [5.74, 6) is 1.92. The van der Waals surface area contributed by atoms with Crippen molar-refractivity contribution < 1.29 is 9.84 Å². The van der Waals surface area contributed by atoms with Gasteiger partial charge in [-0.05, 0) is 57.3 Å². The molecule has 0 aromatic heterocycles. The minimum atomic E-state index is -0.269. The molecular formula is C15H24O2. The first-order valence-corrected chi connectivity index (χ1v) is 6.94. The number of aliphatic hydroxyl groups is 1. The molecule has 0 radical (unpaired) electrons. The summed E-state index contributed by atoms with van der Waals surface area (Å²) < 4.78 is 6.13. The number of hydrogen-bond acceptors (Lipinski definition) is 2. The largest absolute Gasteiger partial charge is 0.390 e. The van der Waals surface area contributed by atoms with Crippen molar-refractivity contribution in [1.29, 1.82) is 0 Å². The second-order valence-electron chi connectivity index (χ2n) is 6.76. The smallest absolute Gasteiger partial charge is 0.121 e. The van der Waals surface area contributed by atoms with Gasteiger partial charge in [0.1, 0.15) is 11.2 Å². The van der Waals surface area contributed by atoms with Crippen molar-refractivity contribution in [3.05, 3.63) is 12.2 Å². The van der Waals surface area contributed by atoms with Gasteiger partial charge in [0, 0.05) is 0 Å². The number of hydrogen-bond donors (Lipinski definition) is 1. The predicted octanol–water partition coefficient (Wildman–Crippen LogP) is 2.91. The van der Waals surface area contributed by atoms with E-state index in [0.29, 0.717) is 17.8 Å². The average Bonchev–Trinajstić information content (AvgIpc) is 2.85. The lowest BCUT2D eigenvalue weighted by Crippen LogP contribution is -2.50. The van der Waals surface area contributed by atoms with Crippen LogP contribution in [0.25, 0.3) is 0 Å². The van der Waals surface area contributed by atoms with Crippen LogP contribution in [0.4, 0.5) is 0 Å². The lowest BCUT2D eigenvalue weighted by atomic mass is 9.58. The molecular weight excluding hydrogens is 212 g/mol. The van der Waals surface area contributed by atoms with Crippen LogP contribution in [-0.2, 0) is 4.74 Å². The van der Waals surface area contributed by atoms with Gasteiger partial charge in [-0.2, -0.15) is 0 Å². The highest BCUT2D eigenvalue weighted by Gasteiger charge is 2.76. The van der Waals surface area contributed by atoms with Gasteiger partial charge in [-0.15, -0.1) is 0 Å². The Morgan fingerprint density at radius 1 is 1.41 bits per heavy atom. The molecule has 2 saturated carbocycles. The molecule has 1 saturated heterocycles. The van der Waals surface area contributed by atoms with Crippen LogP contribution in [0.3, 0.4) is 0 Å². The van der Waals surface area contributed by atoms with Crippen molar-refractivity contribution >= 4 is 0 Å². The van der Waals surface area contributed by atoms with Crippen LogP contribution in [0.5, 0.6) is 0 Å². The molecule has 0 aromatic rings. The van der Waals surface area contributed by atoms with E-state index in [2.05, 4.69) is 27.4 Å². The third-order valence-corrected chi connectivity index (χ3v) is 5.77. The first kappa shape index (κ1) is 11.7. The van der Waals surface area contributed by atoms with Gasteiger partial charge in [0.05, 0.1) is 6.10 Å². The van der Waals surface area contributed by atoms with E-state index in [0.717, 1.165) is 19.3 Å². The Kier molecular flexibility index (Phi) is 2.32. The van der Waals surface area contributed by atoms with Gasteiger partial charge in [-0.25, -0.2) is 0 Å². The fraction of sp³-hybridized carbons (Fsp3) is 0.867. The highest BCUT2D eigenvalue weighted by Crippen LogP contribution is 2.67. The summed E-state index contributed by atoms with van der Waals surface area (Å²) in [5, 5.41) is 10.2. The van der Waals surface area contributed by atoms with E-state index in [-0.39, 0.29) is 17.3 Å². The van der Waals surface area contributed by atoms with Crippen molar-refractivity contribution in [3.8, 4) is 0 Å². The summed E-state index contributed by atoms with van der Waals surface area (Å²) >= 11 is 0. The zero-order valence-electron chi connectivity index (χ0n) is 11.2. The molecule has 96 valence electrons. The predicted molar refractivity (Wildman–Crippen MR) is 67.7 cm³/mol. The molecule has 0 aromatic carbocycles. The van der Waals surface area contributed by atoms with Crippen LogP contribution in [0, 0.1) is 17.8 Å². The van der Waals surface area contributed by atoms with Crippen LogP contribution in [-0.4, -0.2) is 22.4 Å². The van der Waals surface area contributed by atoms with Gasteiger partial charge in [0.25, 0.3) is 0 Å². The molecule has 0 bridgehead atoms. The van der Waals surface area contributed by atoms with E-state index in [1.54, 1.807) is 0 Å². The van der Waals surface area contributed by atoms with E-state index in [4.69, 9.17) is 4.74 Å². The average molecular weight is 236 g/mol. The monoisotopic (exact) mass is 236 g/mol. The lowest BCUT2D eigenvalue weighted by molar-refractivity contribution is 0.0319. The van der Waals surface area contributed by atoms with E-state index in [9.17, 15) is 5.11 Å². The van der Waals surface area contributed by atoms with Crippen molar-refractivity contribution in [1.82, 2.24) is 0 Å².